The van der Waals surface area contributed by atoms with Gasteiger partial charge in [0.25, 0.3) is 0 Å². The lowest BCUT2D eigenvalue weighted by atomic mass is 10.0. The summed E-state index contributed by atoms with van der Waals surface area (Å²) in [6.45, 7) is 3.58. The van der Waals surface area contributed by atoms with Gasteiger partial charge in [-0.1, -0.05) is 62.2 Å². The molecule has 0 aliphatic carbocycles. The minimum atomic E-state index is -0.728. The van der Waals surface area contributed by atoms with Gasteiger partial charge in [0, 0.05) is 0 Å². The topological polar surface area (TPSA) is 87.3 Å². The highest BCUT2D eigenvalue weighted by Gasteiger charge is 2.24. The van der Waals surface area contributed by atoms with Crippen LogP contribution in [-0.2, 0) is 20.8 Å². The molecule has 3 N–H and O–H groups in total. The van der Waals surface area contributed by atoms with Crippen molar-refractivity contribution in [1.29, 1.82) is 0 Å². The highest BCUT2D eigenvalue weighted by molar-refractivity contribution is 5.91. The van der Waals surface area contributed by atoms with Crippen molar-refractivity contribution in [2.75, 3.05) is 13.1 Å². The van der Waals surface area contributed by atoms with E-state index < -0.39 is 11.9 Å². The van der Waals surface area contributed by atoms with Crippen LogP contribution >= 0.6 is 0 Å². The molecule has 1 unspecified atom stereocenters. The predicted octanol–water partition coefficient (Wildman–Crippen LogP) is 1.39. The zero-order chi connectivity index (χ0) is 20.5. The summed E-state index contributed by atoms with van der Waals surface area (Å²) in [5, 5.41) is 9.93. The average Bonchev–Trinajstić information content (AvgIpc) is 2.68. The van der Waals surface area contributed by atoms with Crippen LogP contribution in [0.4, 0.5) is 0 Å². The molecule has 28 heavy (non-hydrogen) atoms. The summed E-state index contributed by atoms with van der Waals surface area (Å²) in [6, 6.07) is 13.0. The van der Waals surface area contributed by atoms with Crippen LogP contribution in [0.25, 0.3) is 10.8 Å². The van der Waals surface area contributed by atoms with Gasteiger partial charge in [0.15, 0.2) is 0 Å². The van der Waals surface area contributed by atoms with Crippen LogP contribution in [0.2, 0.25) is 0 Å². The fourth-order valence-corrected chi connectivity index (χ4v) is 2.78. The molecule has 0 aromatic heterocycles. The first-order valence-electron chi connectivity index (χ1n) is 9.15. The van der Waals surface area contributed by atoms with Crippen LogP contribution in [0.5, 0.6) is 0 Å². The first kappa shape index (κ1) is 21.0. The third kappa shape index (κ3) is 6.13. The van der Waals surface area contributed by atoms with Gasteiger partial charge in [-0.05, 0) is 22.3 Å². The van der Waals surface area contributed by atoms with E-state index in [1.807, 2.05) is 56.3 Å². The predicted molar refractivity (Wildman–Crippen MR) is 109 cm³/mol. The second-order valence-electron chi connectivity index (χ2n) is 6.85. The standard InChI is InChI=1S/C22H25N3O3/c1-4-11-23-20(27)14-24-22(28)21(15(2)3)25-19(26)13-16-9-10-17-7-5-6-8-18(17)12-16/h1,5-10,12,15,21H,11,13-14H2,2-3H3,(H,23,27)(H,24,28)(H,25,26). The maximum atomic E-state index is 12.5. The Bertz CT molecular complexity index is 899. The first-order valence-corrected chi connectivity index (χ1v) is 9.15. The molecule has 6 nitrogen and oxygen atoms in total. The zero-order valence-electron chi connectivity index (χ0n) is 16.1. The number of hydrogen-bond acceptors (Lipinski definition) is 3. The van der Waals surface area contributed by atoms with E-state index in [0.29, 0.717) is 0 Å². The molecule has 6 heteroatoms. The second kappa shape index (κ2) is 10.1. The molecule has 146 valence electrons. The van der Waals surface area contributed by atoms with Crippen LogP contribution in [0, 0.1) is 18.3 Å². The van der Waals surface area contributed by atoms with Crippen LogP contribution in [0.1, 0.15) is 19.4 Å². The fraction of sp³-hybridized carbons (Fsp3) is 0.318. The van der Waals surface area contributed by atoms with Crippen LogP contribution < -0.4 is 16.0 Å². The van der Waals surface area contributed by atoms with E-state index in [1.54, 1.807) is 0 Å². The number of hydrogen-bond donors (Lipinski definition) is 3. The fourth-order valence-electron chi connectivity index (χ4n) is 2.78. The number of amides is 3. The second-order valence-corrected chi connectivity index (χ2v) is 6.85. The lowest BCUT2D eigenvalue weighted by Crippen LogP contribution is -2.51. The summed E-state index contributed by atoms with van der Waals surface area (Å²) >= 11 is 0. The zero-order valence-corrected chi connectivity index (χ0v) is 16.1. The lowest BCUT2D eigenvalue weighted by molar-refractivity contribution is -0.131. The summed E-state index contributed by atoms with van der Waals surface area (Å²) in [6.07, 6.45) is 5.24. The molecule has 0 radical (unpaired) electrons. The van der Waals surface area contributed by atoms with Crippen molar-refractivity contribution >= 4 is 28.5 Å². The van der Waals surface area contributed by atoms with Crippen molar-refractivity contribution in [2.24, 2.45) is 5.92 Å². The van der Waals surface area contributed by atoms with Gasteiger partial charge in [0.2, 0.25) is 17.7 Å². The van der Waals surface area contributed by atoms with Crippen molar-refractivity contribution < 1.29 is 14.4 Å². The highest BCUT2D eigenvalue weighted by atomic mass is 16.2. The molecule has 0 heterocycles. The van der Waals surface area contributed by atoms with Gasteiger partial charge in [-0.25, -0.2) is 0 Å². The minimum Gasteiger partial charge on any atom is -0.345 e. The summed E-state index contributed by atoms with van der Waals surface area (Å²) in [5.74, 6) is 1.12. The third-order valence-corrected chi connectivity index (χ3v) is 4.25. The Kier molecular flexibility index (Phi) is 7.58. The number of carbonyl (C=O) groups is 3. The molecule has 0 saturated carbocycles. The van der Waals surface area contributed by atoms with E-state index in [1.165, 1.54) is 0 Å². The molecule has 0 spiro atoms. The number of rotatable bonds is 8. The maximum absolute atomic E-state index is 12.5. The summed E-state index contributed by atoms with van der Waals surface area (Å²) in [7, 11) is 0. The van der Waals surface area contributed by atoms with Crippen molar-refractivity contribution in [3.05, 3.63) is 48.0 Å². The molecule has 2 aromatic rings. The van der Waals surface area contributed by atoms with Crippen molar-refractivity contribution in [3.63, 3.8) is 0 Å². The van der Waals surface area contributed by atoms with E-state index in [-0.39, 0.29) is 37.2 Å². The molecule has 2 aromatic carbocycles. The van der Waals surface area contributed by atoms with Crippen molar-refractivity contribution in [2.45, 2.75) is 26.3 Å². The maximum Gasteiger partial charge on any atom is 0.243 e. The van der Waals surface area contributed by atoms with Gasteiger partial charge in [-0.2, -0.15) is 0 Å². The summed E-state index contributed by atoms with van der Waals surface area (Å²) in [4.78, 5) is 36.4. The van der Waals surface area contributed by atoms with Crippen LogP contribution in [0.3, 0.4) is 0 Å². The molecule has 0 fully saturated rings. The first-order chi connectivity index (χ1) is 13.4. The molecule has 2 rings (SSSR count). The van der Waals surface area contributed by atoms with Crippen LogP contribution in [0.15, 0.2) is 42.5 Å². The molecule has 0 aliphatic rings. The molecule has 0 aliphatic heterocycles. The van der Waals surface area contributed by atoms with Gasteiger partial charge >= 0.3 is 0 Å². The normalized spacial score (nSPS) is 11.5. The number of benzene rings is 2. The number of terminal acetylenes is 1. The molecule has 0 bridgehead atoms. The Hall–Kier alpha value is -3.33. The minimum absolute atomic E-state index is 0.102. The Morgan fingerprint density at radius 3 is 2.39 bits per heavy atom. The Morgan fingerprint density at radius 1 is 1.00 bits per heavy atom. The van der Waals surface area contributed by atoms with Gasteiger partial charge in [-0.15, -0.1) is 6.42 Å². The van der Waals surface area contributed by atoms with Gasteiger partial charge in [-0.3, -0.25) is 14.4 Å². The Morgan fingerprint density at radius 2 is 1.71 bits per heavy atom. The van der Waals surface area contributed by atoms with Crippen LogP contribution in [-0.4, -0.2) is 36.9 Å². The molecule has 1 atom stereocenters. The number of carbonyl (C=O) groups excluding carboxylic acids is 3. The monoisotopic (exact) mass is 379 g/mol. The van der Waals surface area contributed by atoms with E-state index in [4.69, 9.17) is 6.42 Å². The Balaban J connectivity index is 1.94. The SMILES string of the molecule is C#CCNC(=O)CNC(=O)C(NC(=O)Cc1ccc2ccccc2c1)C(C)C. The van der Waals surface area contributed by atoms with E-state index >= 15 is 0 Å². The molecular weight excluding hydrogens is 354 g/mol. The largest absolute Gasteiger partial charge is 0.345 e. The quantitative estimate of drug-likeness (QED) is 0.606. The van der Waals surface area contributed by atoms with E-state index in [2.05, 4.69) is 21.9 Å². The lowest BCUT2D eigenvalue weighted by Gasteiger charge is -2.21. The summed E-state index contributed by atoms with van der Waals surface area (Å²) < 4.78 is 0. The molecule has 3 amide bonds. The average molecular weight is 379 g/mol. The summed E-state index contributed by atoms with van der Waals surface area (Å²) in [5.41, 5.74) is 0.868. The van der Waals surface area contributed by atoms with E-state index in [9.17, 15) is 14.4 Å². The van der Waals surface area contributed by atoms with Gasteiger partial charge < -0.3 is 16.0 Å². The number of nitrogens with one attached hydrogen (secondary N) is 3. The molecule has 0 saturated heterocycles. The third-order valence-electron chi connectivity index (χ3n) is 4.25. The van der Waals surface area contributed by atoms with Gasteiger partial charge in [0.05, 0.1) is 19.5 Å². The number of fused-ring (bicyclic) bond motifs is 1. The Labute approximate surface area is 165 Å². The highest BCUT2D eigenvalue weighted by Crippen LogP contribution is 2.16. The smallest absolute Gasteiger partial charge is 0.243 e. The van der Waals surface area contributed by atoms with Crippen molar-refractivity contribution in [1.82, 2.24) is 16.0 Å². The van der Waals surface area contributed by atoms with Crippen molar-refractivity contribution in [3.8, 4) is 12.3 Å². The van der Waals surface area contributed by atoms with Gasteiger partial charge in [0.1, 0.15) is 6.04 Å². The molecular formula is C22H25N3O3. The van der Waals surface area contributed by atoms with E-state index in [0.717, 1.165) is 16.3 Å².